The number of nitrogens with zero attached hydrogens (tertiary/aromatic N) is 1. The van der Waals surface area contributed by atoms with Gasteiger partial charge in [-0.15, -0.1) is 0 Å². The van der Waals surface area contributed by atoms with Gasteiger partial charge in [-0.05, 0) is 19.8 Å². The first kappa shape index (κ1) is 17.2. The number of oxazole rings is 1. The lowest BCUT2D eigenvalue weighted by atomic mass is 10.1. The summed E-state index contributed by atoms with van der Waals surface area (Å²) in [7, 11) is 0. The average molecular weight is 341 g/mol. The lowest BCUT2D eigenvalue weighted by Crippen LogP contribution is -2.35. The van der Waals surface area contributed by atoms with Gasteiger partial charge >= 0.3 is 0 Å². The minimum atomic E-state index is -0.0734. The van der Waals surface area contributed by atoms with Crippen molar-refractivity contribution in [2.45, 2.75) is 32.6 Å². The highest BCUT2D eigenvalue weighted by atomic mass is 16.4. The zero-order valence-corrected chi connectivity index (χ0v) is 14.4. The van der Waals surface area contributed by atoms with Crippen molar-refractivity contribution in [3.63, 3.8) is 0 Å². The number of aromatic nitrogens is 1. The molecule has 2 amide bonds. The minimum absolute atomic E-state index is 0.0734. The normalized spacial score (nSPS) is 13.5. The van der Waals surface area contributed by atoms with Gasteiger partial charge < -0.3 is 15.1 Å². The summed E-state index contributed by atoms with van der Waals surface area (Å²) in [5.41, 5.74) is 2.16. The molecule has 25 heavy (non-hydrogen) atoms. The van der Waals surface area contributed by atoms with E-state index in [9.17, 15) is 9.59 Å². The molecule has 3 rings (SSSR count). The largest absolute Gasteiger partial charge is 0.441 e. The first-order chi connectivity index (χ1) is 12.1. The summed E-state index contributed by atoms with van der Waals surface area (Å²) >= 11 is 0. The number of nitrogens with one attached hydrogen (secondary N) is 2. The van der Waals surface area contributed by atoms with Crippen LogP contribution in [0.5, 0.6) is 0 Å². The second-order valence-corrected chi connectivity index (χ2v) is 6.40. The predicted molar refractivity (Wildman–Crippen MR) is 93.7 cm³/mol. The highest BCUT2D eigenvalue weighted by Gasteiger charge is 2.28. The number of amides is 2. The Kier molecular flexibility index (Phi) is 5.48. The smallest absolute Gasteiger partial charge is 0.223 e. The maximum absolute atomic E-state index is 11.8. The van der Waals surface area contributed by atoms with Gasteiger partial charge in [0.15, 0.2) is 11.7 Å². The van der Waals surface area contributed by atoms with Crippen LogP contribution in [0.15, 0.2) is 34.9 Å². The van der Waals surface area contributed by atoms with Gasteiger partial charge in [0.25, 0.3) is 0 Å². The van der Waals surface area contributed by atoms with Crippen LogP contribution in [0.1, 0.15) is 30.7 Å². The van der Waals surface area contributed by atoms with E-state index in [0.717, 1.165) is 18.4 Å². The van der Waals surface area contributed by atoms with E-state index in [4.69, 9.17) is 4.42 Å². The highest BCUT2D eigenvalue weighted by Crippen LogP contribution is 2.28. The molecule has 6 heteroatoms. The van der Waals surface area contributed by atoms with Gasteiger partial charge in [-0.1, -0.05) is 29.8 Å². The van der Waals surface area contributed by atoms with Crippen LogP contribution in [-0.4, -0.2) is 29.9 Å². The summed E-state index contributed by atoms with van der Waals surface area (Å²) in [5.74, 6) is 1.47. The second kappa shape index (κ2) is 7.96. The van der Waals surface area contributed by atoms with Crippen LogP contribution in [0.25, 0.3) is 11.3 Å². The molecule has 0 saturated heterocycles. The first-order valence-electron chi connectivity index (χ1n) is 8.68. The van der Waals surface area contributed by atoms with E-state index < -0.39 is 0 Å². The molecule has 2 aromatic rings. The molecule has 0 atom stereocenters. The maximum Gasteiger partial charge on any atom is 0.223 e. The number of benzene rings is 1. The summed E-state index contributed by atoms with van der Waals surface area (Å²) in [6.45, 7) is 2.95. The summed E-state index contributed by atoms with van der Waals surface area (Å²) < 4.78 is 5.70. The van der Waals surface area contributed by atoms with Crippen molar-refractivity contribution in [2.24, 2.45) is 5.92 Å². The topological polar surface area (TPSA) is 84.2 Å². The van der Waals surface area contributed by atoms with E-state index in [1.807, 2.05) is 31.2 Å². The van der Waals surface area contributed by atoms with Gasteiger partial charge in [0.1, 0.15) is 0 Å². The lowest BCUT2D eigenvalue weighted by molar-refractivity contribution is -0.123. The SMILES string of the molecule is Cc1ccc(-c2cnc(CCC(=O)NCCNC(=O)C3CC3)o2)cc1. The Morgan fingerprint density at radius 3 is 2.60 bits per heavy atom. The van der Waals surface area contributed by atoms with Crippen molar-refractivity contribution < 1.29 is 14.0 Å². The van der Waals surface area contributed by atoms with Crippen LogP contribution in [0.2, 0.25) is 0 Å². The van der Waals surface area contributed by atoms with E-state index in [1.54, 1.807) is 6.20 Å². The van der Waals surface area contributed by atoms with Crippen molar-refractivity contribution in [2.75, 3.05) is 13.1 Å². The molecule has 0 spiro atoms. The molecular formula is C19H23N3O3. The number of rotatable bonds is 8. The molecule has 0 bridgehead atoms. The summed E-state index contributed by atoms with van der Waals surface area (Å²) in [6, 6.07) is 8.02. The molecule has 0 unspecified atom stereocenters. The third-order valence-corrected chi connectivity index (χ3v) is 4.15. The molecule has 0 aliphatic heterocycles. The van der Waals surface area contributed by atoms with E-state index in [-0.39, 0.29) is 17.7 Å². The van der Waals surface area contributed by atoms with E-state index in [2.05, 4.69) is 15.6 Å². The minimum Gasteiger partial charge on any atom is -0.441 e. The standard InChI is InChI=1S/C19H23N3O3/c1-13-2-4-14(5-3-13)16-12-22-18(25-16)9-8-17(23)20-10-11-21-19(24)15-6-7-15/h2-5,12,15H,6-11H2,1H3,(H,20,23)(H,21,24). The number of hydrogen-bond acceptors (Lipinski definition) is 4. The fraction of sp³-hybridized carbons (Fsp3) is 0.421. The van der Waals surface area contributed by atoms with Crippen molar-refractivity contribution in [3.05, 3.63) is 41.9 Å². The van der Waals surface area contributed by atoms with Crippen LogP contribution in [0.3, 0.4) is 0 Å². The van der Waals surface area contributed by atoms with Gasteiger partial charge in [0.05, 0.1) is 6.20 Å². The molecule has 2 N–H and O–H groups in total. The van der Waals surface area contributed by atoms with Crippen molar-refractivity contribution >= 4 is 11.8 Å². The van der Waals surface area contributed by atoms with Gasteiger partial charge in [0.2, 0.25) is 11.8 Å². The average Bonchev–Trinajstić information content (AvgIpc) is 3.36. The van der Waals surface area contributed by atoms with Crippen molar-refractivity contribution in [1.29, 1.82) is 0 Å². The van der Waals surface area contributed by atoms with Gasteiger partial charge in [-0.25, -0.2) is 4.98 Å². The van der Waals surface area contributed by atoms with E-state index >= 15 is 0 Å². The molecule has 6 nitrogen and oxygen atoms in total. The Morgan fingerprint density at radius 2 is 1.88 bits per heavy atom. The van der Waals surface area contributed by atoms with E-state index in [1.165, 1.54) is 5.56 Å². The second-order valence-electron chi connectivity index (χ2n) is 6.40. The fourth-order valence-electron chi connectivity index (χ4n) is 2.46. The van der Waals surface area contributed by atoms with Crippen LogP contribution in [0.4, 0.5) is 0 Å². The molecular weight excluding hydrogens is 318 g/mol. The summed E-state index contributed by atoms with van der Waals surface area (Å²) in [6.07, 6.45) is 4.42. The monoisotopic (exact) mass is 341 g/mol. The first-order valence-corrected chi connectivity index (χ1v) is 8.68. The van der Waals surface area contributed by atoms with Gasteiger partial charge in [0, 0.05) is 37.4 Å². The molecule has 1 saturated carbocycles. The Hall–Kier alpha value is -2.63. The third-order valence-electron chi connectivity index (χ3n) is 4.15. The lowest BCUT2D eigenvalue weighted by Gasteiger charge is -2.06. The Morgan fingerprint density at radius 1 is 1.16 bits per heavy atom. The molecule has 1 aliphatic rings. The van der Waals surface area contributed by atoms with E-state index in [0.29, 0.717) is 37.6 Å². The maximum atomic E-state index is 11.8. The van der Waals surface area contributed by atoms with Crippen LogP contribution in [-0.2, 0) is 16.0 Å². The Balaban J connectivity index is 1.37. The van der Waals surface area contributed by atoms with Crippen LogP contribution in [0, 0.1) is 12.8 Å². The Labute approximate surface area is 147 Å². The zero-order chi connectivity index (χ0) is 17.6. The quantitative estimate of drug-likeness (QED) is 0.721. The zero-order valence-electron chi connectivity index (χ0n) is 14.4. The molecule has 132 valence electrons. The molecule has 1 heterocycles. The summed E-state index contributed by atoms with van der Waals surface area (Å²) in [4.78, 5) is 27.5. The third kappa shape index (κ3) is 5.17. The summed E-state index contributed by atoms with van der Waals surface area (Å²) in [5, 5.41) is 5.60. The number of hydrogen-bond donors (Lipinski definition) is 2. The number of carbonyl (C=O) groups excluding carboxylic acids is 2. The van der Waals surface area contributed by atoms with Crippen LogP contribution >= 0.6 is 0 Å². The highest BCUT2D eigenvalue weighted by molar-refractivity contribution is 5.81. The van der Waals surface area contributed by atoms with Crippen molar-refractivity contribution in [1.82, 2.24) is 15.6 Å². The molecule has 1 aromatic heterocycles. The molecule has 1 aromatic carbocycles. The molecule has 0 radical (unpaired) electrons. The van der Waals surface area contributed by atoms with Gasteiger partial charge in [-0.3, -0.25) is 9.59 Å². The number of aryl methyl sites for hydroxylation is 2. The predicted octanol–water partition coefficient (Wildman–Crippen LogP) is 2.23. The molecule has 1 fully saturated rings. The Bertz CT molecular complexity index is 733. The fourth-order valence-corrected chi connectivity index (χ4v) is 2.46. The molecule has 1 aliphatic carbocycles. The van der Waals surface area contributed by atoms with Gasteiger partial charge in [-0.2, -0.15) is 0 Å². The van der Waals surface area contributed by atoms with Crippen LogP contribution < -0.4 is 10.6 Å². The van der Waals surface area contributed by atoms with Crippen molar-refractivity contribution in [3.8, 4) is 11.3 Å². The number of carbonyl (C=O) groups is 2.